The molecule has 0 unspecified atom stereocenters. The number of hydrogen-bond acceptors (Lipinski definition) is 2. The van der Waals surface area contributed by atoms with Gasteiger partial charge in [-0.3, -0.25) is 9.59 Å². The third kappa shape index (κ3) is 3.25. The summed E-state index contributed by atoms with van der Waals surface area (Å²) in [7, 11) is 0. The summed E-state index contributed by atoms with van der Waals surface area (Å²) in [5.74, 6) is -1.39. The normalized spacial score (nSPS) is 9.95. The van der Waals surface area contributed by atoms with Gasteiger partial charge >= 0.3 is 0 Å². The number of carbonyl (C=O) groups excluding carboxylic acids is 2. The molecule has 0 spiro atoms. The highest BCUT2D eigenvalue weighted by Crippen LogP contribution is 2.06. The average molecular weight is 257 g/mol. The summed E-state index contributed by atoms with van der Waals surface area (Å²) in [4.78, 5) is 23.5. The molecule has 0 aliphatic heterocycles. The van der Waals surface area contributed by atoms with Crippen molar-refractivity contribution in [1.82, 2.24) is 5.32 Å². The van der Waals surface area contributed by atoms with Crippen LogP contribution in [0, 0.1) is 5.82 Å². The fraction of sp³-hybridized carbons (Fsp3) is 0.0667. The minimum absolute atomic E-state index is 0.0177. The van der Waals surface area contributed by atoms with Crippen molar-refractivity contribution in [3.8, 4) is 0 Å². The zero-order valence-electron chi connectivity index (χ0n) is 10.1. The first kappa shape index (κ1) is 13.0. The van der Waals surface area contributed by atoms with Gasteiger partial charge in [0.2, 0.25) is 0 Å². The van der Waals surface area contributed by atoms with Gasteiger partial charge in [0.05, 0.1) is 12.1 Å². The van der Waals surface area contributed by atoms with Gasteiger partial charge in [0.15, 0.2) is 5.78 Å². The summed E-state index contributed by atoms with van der Waals surface area (Å²) < 4.78 is 13.4. The van der Waals surface area contributed by atoms with Crippen LogP contribution in [0.3, 0.4) is 0 Å². The molecule has 0 radical (unpaired) electrons. The second-order valence-corrected chi connectivity index (χ2v) is 3.95. The summed E-state index contributed by atoms with van der Waals surface area (Å²) in [6.07, 6.45) is 0. The zero-order valence-corrected chi connectivity index (χ0v) is 10.1. The number of amides is 1. The Bertz CT molecular complexity index is 596. The van der Waals surface area contributed by atoms with Gasteiger partial charge in [0.25, 0.3) is 5.91 Å². The molecular weight excluding hydrogens is 245 g/mol. The standard InChI is InChI=1S/C15H12FNO2/c16-13-9-5-4-8-12(13)14(18)10-17-15(19)11-6-2-1-3-7-11/h1-9H,10H2,(H,17,19). The number of benzene rings is 2. The van der Waals surface area contributed by atoms with E-state index in [0.29, 0.717) is 5.56 Å². The largest absolute Gasteiger partial charge is 0.345 e. The lowest BCUT2D eigenvalue weighted by Crippen LogP contribution is -2.29. The molecule has 3 nitrogen and oxygen atoms in total. The Balaban J connectivity index is 1.98. The highest BCUT2D eigenvalue weighted by atomic mass is 19.1. The van der Waals surface area contributed by atoms with E-state index in [0.717, 1.165) is 0 Å². The van der Waals surface area contributed by atoms with Crippen molar-refractivity contribution in [3.63, 3.8) is 0 Å². The quantitative estimate of drug-likeness (QED) is 0.855. The summed E-state index contributed by atoms with van der Waals surface area (Å²) in [5.41, 5.74) is 0.444. The van der Waals surface area contributed by atoms with Gasteiger partial charge in [-0.15, -0.1) is 0 Å². The molecule has 0 saturated carbocycles. The molecule has 2 aromatic carbocycles. The van der Waals surface area contributed by atoms with Crippen LogP contribution in [0.5, 0.6) is 0 Å². The van der Waals surface area contributed by atoms with Crippen molar-refractivity contribution in [1.29, 1.82) is 0 Å². The van der Waals surface area contributed by atoms with Crippen LogP contribution in [-0.4, -0.2) is 18.2 Å². The summed E-state index contributed by atoms with van der Waals surface area (Å²) in [6, 6.07) is 14.2. The molecule has 0 aliphatic carbocycles. The first-order valence-electron chi connectivity index (χ1n) is 5.79. The SMILES string of the molecule is O=C(NCC(=O)c1ccccc1F)c1ccccc1. The minimum Gasteiger partial charge on any atom is -0.345 e. The number of halogens is 1. The number of nitrogens with one attached hydrogen (secondary N) is 1. The van der Waals surface area contributed by atoms with Gasteiger partial charge in [-0.2, -0.15) is 0 Å². The van der Waals surface area contributed by atoms with Gasteiger partial charge in [-0.05, 0) is 24.3 Å². The smallest absolute Gasteiger partial charge is 0.251 e. The van der Waals surface area contributed by atoms with E-state index in [4.69, 9.17) is 0 Å². The maximum atomic E-state index is 13.4. The maximum absolute atomic E-state index is 13.4. The topological polar surface area (TPSA) is 46.2 Å². The lowest BCUT2D eigenvalue weighted by molar-refractivity contribution is 0.0902. The van der Waals surface area contributed by atoms with Gasteiger partial charge in [0.1, 0.15) is 5.82 Å². The Hall–Kier alpha value is -2.49. The third-order valence-electron chi connectivity index (χ3n) is 2.62. The van der Waals surface area contributed by atoms with E-state index in [9.17, 15) is 14.0 Å². The fourth-order valence-electron chi connectivity index (χ4n) is 1.63. The predicted octanol–water partition coefficient (Wildman–Crippen LogP) is 2.44. The maximum Gasteiger partial charge on any atom is 0.251 e. The Kier molecular flexibility index (Phi) is 4.03. The van der Waals surface area contributed by atoms with E-state index < -0.39 is 11.6 Å². The van der Waals surface area contributed by atoms with Crippen LogP contribution in [0.25, 0.3) is 0 Å². The first-order chi connectivity index (χ1) is 9.18. The molecule has 0 aromatic heterocycles. The molecule has 0 bridgehead atoms. The van der Waals surface area contributed by atoms with Crippen molar-refractivity contribution in [3.05, 3.63) is 71.5 Å². The molecule has 0 fully saturated rings. The molecular formula is C15H12FNO2. The molecule has 19 heavy (non-hydrogen) atoms. The predicted molar refractivity (Wildman–Crippen MR) is 69.5 cm³/mol. The van der Waals surface area contributed by atoms with E-state index in [2.05, 4.69) is 5.32 Å². The molecule has 4 heteroatoms. The Morgan fingerprint density at radius 3 is 2.26 bits per heavy atom. The van der Waals surface area contributed by atoms with Crippen molar-refractivity contribution >= 4 is 11.7 Å². The minimum atomic E-state index is -0.582. The zero-order chi connectivity index (χ0) is 13.7. The van der Waals surface area contributed by atoms with Crippen LogP contribution in [0.4, 0.5) is 4.39 Å². The highest BCUT2D eigenvalue weighted by molar-refractivity contribution is 6.02. The van der Waals surface area contributed by atoms with Crippen LogP contribution in [0.1, 0.15) is 20.7 Å². The van der Waals surface area contributed by atoms with Crippen LogP contribution in [0.15, 0.2) is 54.6 Å². The molecule has 2 aromatic rings. The van der Waals surface area contributed by atoms with Gasteiger partial charge < -0.3 is 5.32 Å². The van der Waals surface area contributed by atoms with Gasteiger partial charge in [-0.25, -0.2) is 4.39 Å². The van der Waals surface area contributed by atoms with E-state index >= 15 is 0 Å². The van der Waals surface area contributed by atoms with Crippen molar-refractivity contribution in [2.75, 3.05) is 6.54 Å². The fourth-order valence-corrected chi connectivity index (χ4v) is 1.63. The number of carbonyl (C=O) groups is 2. The van der Waals surface area contributed by atoms with Gasteiger partial charge in [-0.1, -0.05) is 30.3 Å². The molecule has 96 valence electrons. The van der Waals surface area contributed by atoms with Gasteiger partial charge in [0, 0.05) is 5.56 Å². The number of Topliss-reactive ketones (excluding diaryl/α,β-unsaturated/α-hetero) is 1. The Morgan fingerprint density at radius 2 is 1.58 bits per heavy atom. The monoisotopic (exact) mass is 257 g/mol. The third-order valence-corrected chi connectivity index (χ3v) is 2.62. The summed E-state index contributed by atoms with van der Waals surface area (Å²) in [6.45, 7) is -0.228. The van der Waals surface area contributed by atoms with Crippen LogP contribution >= 0.6 is 0 Å². The summed E-state index contributed by atoms with van der Waals surface area (Å²) >= 11 is 0. The Morgan fingerprint density at radius 1 is 0.947 bits per heavy atom. The molecule has 0 heterocycles. The first-order valence-corrected chi connectivity index (χ1v) is 5.79. The molecule has 0 atom stereocenters. The van der Waals surface area contributed by atoms with E-state index in [1.54, 1.807) is 36.4 Å². The molecule has 1 amide bonds. The summed E-state index contributed by atoms with van der Waals surface area (Å²) in [5, 5.41) is 2.47. The lowest BCUT2D eigenvalue weighted by atomic mass is 10.1. The number of rotatable bonds is 4. The van der Waals surface area contributed by atoms with E-state index in [-0.39, 0.29) is 18.0 Å². The number of hydrogen-bond donors (Lipinski definition) is 1. The molecule has 2 rings (SSSR count). The van der Waals surface area contributed by atoms with Crippen LogP contribution in [0.2, 0.25) is 0 Å². The lowest BCUT2D eigenvalue weighted by Gasteiger charge is -2.05. The molecule has 0 saturated heterocycles. The molecule has 1 N–H and O–H groups in total. The highest BCUT2D eigenvalue weighted by Gasteiger charge is 2.12. The second-order valence-electron chi connectivity index (χ2n) is 3.95. The van der Waals surface area contributed by atoms with Crippen molar-refractivity contribution in [2.45, 2.75) is 0 Å². The Labute approximate surface area is 110 Å². The van der Waals surface area contributed by atoms with E-state index in [1.165, 1.54) is 18.2 Å². The van der Waals surface area contributed by atoms with Crippen molar-refractivity contribution < 1.29 is 14.0 Å². The second kappa shape index (κ2) is 5.91. The van der Waals surface area contributed by atoms with E-state index in [1.807, 2.05) is 0 Å². The molecule has 0 aliphatic rings. The van der Waals surface area contributed by atoms with Crippen LogP contribution < -0.4 is 5.32 Å². The average Bonchev–Trinajstić information content (AvgIpc) is 2.46. The van der Waals surface area contributed by atoms with Crippen LogP contribution in [-0.2, 0) is 0 Å². The number of ketones is 1. The van der Waals surface area contributed by atoms with Crippen molar-refractivity contribution in [2.24, 2.45) is 0 Å².